The summed E-state index contributed by atoms with van der Waals surface area (Å²) in [4.78, 5) is 13.1. The molecule has 2 N–H and O–H groups in total. The minimum Gasteiger partial charge on any atom is -0.379 e. The molecule has 1 unspecified atom stereocenters. The molecule has 4 heteroatoms. The van der Waals surface area contributed by atoms with Crippen molar-refractivity contribution in [2.45, 2.75) is 13.3 Å². The fourth-order valence-corrected chi connectivity index (χ4v) is 1.34. The van der Waals surface area contributed by atoms with E-state index in [1.165, 1.54) is 0 Å². The van der Waals surface area contributed by atoms with Crippen LogP contribution in [0.25, 0.3) is 0 Å². The third-order valence-electron chi connectivity index (χ3n) is 2.47. The van der Waals surface area contributed by atoms with Crippen molar-refractivity contribution < 1.29 is 9.53 Å². The lowest BCUT2D eigenvalue weighted by Gasteiger charge is -2.27. The first-order chi connectivity index (χ1) is 6.20. The summed E-state index contributed by atoms with van der Waals surface area (Å²) in [7, 11) is 0. The van der Waals surface area contributed by atoms with E-state index in [1.54, 1.807) is 0 Å². The third kappa shape index (κ3) is 3.74. The molecule has 0 spiro atoms. The normalized spacial score (nSPS) is 21.3. The fourth-order valence-electron chi connectivity index (χ4n) is 1.34. The number of hydrogen-bond donors (Lipinski definition) is 1. The highest BCUT2D eigenvalue weighted by molar-refractivity contribution is 5.76. The molecule has 76 valence electrons. The van der Waals surface area contributed by atoms with Gasteiger partial charge in [-0.25, -0.2) is 0 Å². The minimum atomic E-state index is -0.201. The van der Waals surface area contributed by atoms with Gasteiger partial charge in [-0.15, -0.1) is 0 Å². The van der Waals surface area contributed by atoms with Crippen molar-refractivity contribution in [3.63, 3.8) is 0 Å². The van der Waals surface area contributed by atoms with Crippen LogP contribution in [0.3, 0.4) is 0 Å². The molecule has 1 atom stereocenters. The van der Waals surface area contributed by atoms with Crippen LogP contribution in [0.1, 0.15) is 13.3 Å². The van der Waals surface area contributed by atoms with Gasteiger partial charge in [-0.3, -0.25) is 9.69 Å². The van der Waals surface area contributed by atoms with Gasteiger partial charge in [0.2, 0.25) is 5.91 Å². The van der Waals surface area contributed by atoms with E-state index in [4.69, 9.17) is 10.5 Å². The monoisotopic (exact) mass is 186 g/mol. The maximum Gasteiger partial charge on any atom is 0.220 e. The van der Waals surface area contributed by atoms with Gasteiger partial charge in [-0.05, 0) is 13.0 Å². The van der Waals surface area contributed by atoms with E-state index in [0.29, 0.717) is 0 Å². The molecule has 1 fully saturated rings. The van der Waals surface area contributed by atoms with Crippen LogP contribution in [0.2, 0.25) is 0 Å². The summed E-state index contributed by atoms with van der Waals surface area (Å²) in [6.45, 7) is 6.41. The predicted molar refractivity (Wildman–Crippen MR) is 50.2 cm³/mol. The van der Waals surface area contributed by atoms with Crippen LogP contribution < -0.4 is 5.73 Å². The van der Waals surface area contributed by atoms with Crippen LogP contribution in [0.15, 0.2) is 0 Å². The topological polar surface area (TPSA) is 55.6 Å². The van der Waals surface area contributed by atoms with Crippen molar-refractivity contribution in [1.82, 2.24) is 4.90 Å². The number of carbonyl (C=O) groups excluding carboxylic acids is 1. The first-order valence-electron chi connectivity index (χ1n) is 4.79. The van der Waals surface area contributed by atoms with Crippen LogP contribution in [-0.2, 0) is 9.53 Å². The maximum absolute atomic E-state index is 10.8. The molecule has 1 heterocycles. The fraction of sp³-hybridized carbons (Fsp3) is 0.889. The van der Waals surface area contributed by atoms with Gasteiger partial charge in [-0.1, -0.05) is 6.92 Å². The summed E-state index contributed by atoms with van der Waals surface area (Å²) in [5.41, 5.74) is 5.17. The molecular formula is C9H18N2O2. The SMILES string of the molecule is CC(CCN1CCOCC1)C(N)=O. The molecule has 0 radical (unpaired) electrons. The first kappa shape index (κ1) is 10.5. The Morgan fingerprint density at radius 3 is 2.69 bits per heavy atom. The second-order valence-corrected chi connectivity index (χ2v) is 3.55. The van der Waals surface area contributed by atoms with E-state index in [-0.39, 0.29) is 11.8 Å². The molecule has 1 amide bonds. The van der Waals surface area contributed by atoms with Gasteiger partial charge < -0.3 is 10.5 Å². The summed E-state index contributed by atoms with van der Waals surface area (Å²) >= 11 is 0. The lowest BCUT2D eigenvalue weighted by Crippen LogP contribution is -2.38. The van der Waals surface area contributed by atoms with Gasteiger partial charge in [0.1, 0.15) is 0 Å². The second-order valence-electron chi connectivity index (χ2n) is 3.55. The van der Waals surface area contributed by atoms with Gasteiger partial charge in [0.15, 0.2) is 0 Å². The highest BCUT2D eigenvalue weighted by Gasteiger charge is 2.13. The largest absolute Gasteiger partial charge is 0.379 e. The number of primary amides is 1. The van der Waals surface area contributed by atoms with Gasteiger partial charge in [-0.2, -0.15) is 0 Å². The van der Waals surface area contributed by atoms with E-state index in [2.05, 4.69) is 4.90 Å². The molecule has 1 aliphatic rings. The van der Waals surface area contributed by atoms with E-state index in [9.17, 15) is 4.79 Å². The third-order valence-corrected chi connectivity index (χ3v) is 2.47. The Hall–Kier alpha value is -0.610. The zero-order chi connectivity index (χ0) is 9.68. The summed E-state index contributed by atoms with van der Waals surface area (Å²) in [6, 6.07) is 0. The number of carbonyl (C=O) groups is 1. The standard InChI is InChI=1S/C9H18N2O2/c1-8(9(10)12)2-3-11-4-6-13-7-5-11/h8H,2-7H2,1H3,(H2,10,12). The van der Waals surface area contributed by atoms with Crippen LogP contribution >= 0.6 is 0 Å². The molecule has 0 aromatic rings. The smallest absolute Gasteiger partial charge is 0.220 e. The molecule has 0 aromatic heterocycles. The van der Waals surface area contributed by atoms with Crippen molar-refractivity contribution >= 4 is 5.91 Å². The Kier molecular flexibility index (Phi) is 4.18. The van der Waals surface area contributed by atoms with Gasteiger partial charge in [0.05, 0.1) is 13.2 Å². The molecule has 1 rings (SSSR count). The zero-order valence-corrected chi connectivity index (χ0v) is 8.16. The number of rotatable bonds is 4. The highest BCUT2D eigenvalue weighted by atomic mass is 16.5. The average Bonchev–Trinajstić information content (AvgIpc) is 2.15. The molecule has 1 saturated heterocycles. The Morgan fingerprint density at radius 2 is 2.15 bits per heavy atom. The van der Waals surface area contributed by atoms with E-state index in [0.717, 1.165) is 39.3 Å². The number of nitrogens with two attached hydrogens (primary N) is 1. The van der Waals surface area contributed by atoms with E-state index >= 15 is 0 Å². The van der Waals surface area contributed by atoms with Crippen LogP contribution in [-0.4, -0.2) is 43.7 Å². The Bertz CT molecular complexity index is 167. The molecular weight excluding hydrogens is 168 g/mol. The van der Waals surface area contributed by atoms with Gasteiger partial charge in [0.25, 0.3) is 0 Å². The summed E-state index contributed by atoms with van der Waals surface area (Å²) in [6.07, 6.45) is 0.856. The summed E-state index contributed by atoms with van der Waals surface area (Å²) < 4.78 is 5.22. The number of hydrogen-bond acceptors (Lipinski definition) is 3. The van der Waals surface area contributed by atoms with E-state index in [1.807, 2.05) is 6.92 Å². The quantitative estimate of drug-likeness (QED) is 0.663. The lowest BCUT2D eigenvalue weighted by molar-refractivity contribution is -0.121. The van der Waals surface area contributed by atoms with Crippen molar-refractivity contribution in [2.24, 2.45) is 11.7 Å². The van der Waals surface area contributed by atoms with Crippen LogP contribution in [0.5, 0.6) is 0 Å². The van der Waals surface area contributed by atoms with Crippen molar-refractivity contribution in [2.75, 3.05) is 32.8 Å². The number of morpholine rings is 1. The zero-order valence-electron chi connectivity index (χ0n) is 8.16. The molecule has 0 aliphatic carbocycles. The molecule has 13 heavy (non-hydrogen) atoms. The molecule has 0 saturated carbocycles. The van der Waals surface area contributed by atoms with Gasteiger partial charge >= 0.3 is 0 Å². The summed E-state index contributed by atoms with van der Waals surface area (Å²) in [5, 5.41) is 0. The first-order valence-corrected chi connectivity index (χ1v) is 4.79. The number of ether oxygens (including phenoxy) is 1. The molecule has 4 nitrogen and oxygen atoms in total. The Labute approximate surface area is 79.0 Å². The maximum atomic E-state index is 10.8. The number of nitrogens with zero attached hydrogens (tertiary/aromatic N) is 1. The van der Waals surface area contributed by atoms with Crippen LogP contribution in [0, 0.1) is 5.92 Å². The number of amides is 1. The Morgan fingerprint density at radius 1 is 1.54 bits per heavy atom. The van der Waals surface area contributed by atoms with Gasteiger partial charge in [0, 0.05) is 19.0 Å². The summed E-state index contributed by atoms with van der Waals surface area (Å²) in [5.74, 6) is -0.212. The minimum absolute atomic E-state index is 0.0113. The average molecular weight is 186 g/mol. The molecule has 0 bridgehead atoms. The highest BCUT2D eigenvalue weighted by Crippen LogP contribution is 2.04. The Balaban J connectivity index is 2.13. The van der Waals surface area contributed by atoms with E-state index < -0.39 is 0 Å². The van der Waals surface area contributed by atoms with Crippen LogP contribution in [0.4, 0.5) is 0 Å². The predicted octanol–water partition coefficient (Wildman–Crippen LogP) is -0.170. The second kappa shape index (κ2) is 5.19. The molecule has 0 aromatic carbocycles. The lowest BCUT2D eigenvalue weighted by atomic mass is 10.1. The van der Waals surface area contributed by atoms with Crippen molar-refractivity contribution in [1.29, 1.82) is 0 Å². The van der Waals surface area contributed by atoms with Crippen molar-refractivity contribution in [3.05, 3.63) is 0 Å². The molecule has 1 aliphatic heterocycles. The van der Waals surface area contributed by atoms with Crippen molar-refractivity contribution in [3.8, 4) is 0 Å².